The molecule has 8 nitrogen and oxygen atoms in total. The van der Waals surface area contributed by atoms with E-state index in [4.69, 9.17) is 4.74 Å². The van der Waals surface area contributed by atoms with E-state index < -0.39 is 22.3 Å². The Morgan fingerprint density at radius 2 is 2.04 bits per heavy atom. The van der Waals surface area contributed by atoms with Gasteiger partial charge < -0.3 is 9.84 Å². The van der Waals surface area contributed by atoms with Crippen LogP contribution in [0, 0.1) is 10.1 Å². The van der Waals surface area contributed by atoms with Gasteiger partial charge in [0.05, 0.1) is 11.1 Å². The van der Waals surface area contributed by atoms with Crippen LogP contribution in [0.2, 0.25) is 0 Å². The number of hydrogen-bond acceptors (Lipinski definition) is 6. The van der Waals surface area contributed by atoms with Crippen LogP contribution >= 0.6 is 0 Å². The summed E-state index contributed by atoms with van der Waals surface area (Å²) in [6.45, 7) is 4.05. The highest BCUT2D eigenvalue weighted by atomic mass is 16.6. The molecule has 0 aliphatic rings. The van der Waals surface area contributed by atoms with E-state index in [0.717, 1.165) is 12.5 Å². The third-order valence-corrected chi connectivity index (χ3v) is 4.03. The fourth-order valence-corrected chi connectivity index (χ4v) is 2.26. The molecule has 0 heterocycles. The van der Waals surface area contributed by atoms with Crippen molar-refractivity contribution < 1.29 is 19.6 Å². The number of nitro benzene ring substituents is 1. The number of rotatable bonds is 8. The van der Waals surface area contributed by atoms with Crippen LogP contribution in [0.4, 0.5) is 5.69 Å². The molecule has 0 aliphatic heterocycles. The van der Waals surface area contributed by atoms with Gasteiger partial charge in [0.2, 0.25) is 0 Å². The molecule has 27 heavy (non-hydrogen) atoms. The molecule has 0 saturated heterocycles. The summed E-state index contributed by atoms with van der Waals surface area (Å²) < 4.78 is 5.40. The lowest BCUT2D eigenvalue weighted by Crippen LogP contribution is -2.24. The van der Waals surface area contributed by atoms with Crippen molar-refractivity contribution in [3.05, 3.63) is 63.7 Å². The van der Waals surface area contributed by atoms with Crippen LogP contribution in [0.3, 0.4) is 0 Å². The van der Waals surface area contributed by atoms with Gasteiger partial charge in [0.15, 0.2) is 12.4 Å². The Kier molecular flexibility index (Phi) is 6.87. The predicted octanol–water partition coefficient (Wildman–Crippen LogP) is 3.34. The molecule has 0 aliphatic carbocycles. The number of nitrogens with zero attached hydrogens (tertiary/aromatic N) is 2. The number of carbonyl (C=O) groups excluding carboxylic acids is 1. The first kappa shape index (κ1) is 19.9. The molecule has 1 amide bonds. The zero-order valence-electron chi connectivity index (χ0n) is 15.1. The second kappa shape index (κ2) is 9.33. The lowest BCUT2D eigenvalue weighted by Gasteiger charge is -2.10. The van der Waals surface area contributed by atoms with E-state index in [1.165, 1.54) is 23.9 Å². The van der Waals surface area contributed by atoms with Crippen molar-refractivity contribution in [2.75, 3.05) is 6.61 Å². The third kappa shape index (κ3) is 5.81. The molecule has 2 rings (SSSR count). The van der Waals surface area contributed by atoms with Crippen LogP contribution in [-0.4, -0.2) is 28.8 Å². The average molecular weight is 371 g/mol. The molecule has 0 saturated carbocycles. The maximum absolute atomic E-state index is 11.8. The van der Waals surface area contributed by atoms with Gasteiger partial charge in [0.25, 0.3) is 5.91 Å². The molecule has 0 unspecified atom stereocenters. The Morgan fingerprint density at radius 3 is 2.67 bits per heavy atom. The second-order valence-corrected chi connectivity index (χ2v) is 5.97. The van der Waals surface area contributed by atoms with Crippen LogP contribution in [0.15, 0.2) is 47.6 Å². The third-order valence-electron chi connectivity index (χ3n) is 4.03. The van der Waals surface area contributed by atoms with E-state index in [1.807, 2.05) is 24.3 Å². The van der Waals surface area contributed by atoms with E-state index in [-0.39, 0.29) is 6.61 Å². The van der Waals surface area contributed by atoms with Crippen LogP contribution in [0.1, 0.15) is 37.3 Å². The molecule has 1 atom stereocenters. The van der Waals surface area contributed by atoms with Crippen molar-refractivity contribution in [2.45, 2.75) is 26.2 Å². The summed E-state index contributed by atoms with van der Waals surface area (Å²) in [5.41, 5.74) is 3.41. The van der Waals surface area contributed by atoms with Crippen molar-refractivity contribution in [1.29, 1.82) is 0 Å². The predicted molar refractivity (Wildman–Crippen MR) is 101 cm³/mol. The van der Waals surface area contributed by atoms with Gasteiger partial charge in [-0.3, -0.25) is 14.9 Å². The average Bonchev–Trinajstić information content (AvgIpc) is 2.67. The Balaban J connectivity index is 1.85. The molecule has 2 aromatic rings. The molecule has 0 bridgehead atoms. The number of benzene rings is 2. The summed E-state index contributed by atoms with van der Waals surface area (Å²) in [5, 5.41) is 23.9. The van der Waals surface area contributed by atoms with Gasteiger partial charge >= 0.3 is 5.69 Å². The van der Waals surface area contributed by atoms with E-state index >= 15 is 0 Å². The fraction of sp³-hybridized carbons (Fsp3) is 0.263. The largest absolute Gasteiger partial charge is 0.502 e. The monoisotopic (exact) mass is 371 g/mol. The van der Waals surface area contributed by atoms with Gasteiger partial charge in [-0.05, 0) is 42.2 Å². The van der Waals surface area contributed by atoms with Crippen molar-refractivity contribution in [3.8, 4) is 11.5 Å². The Bertz CT molecular complexity index is 834. The normalized spacial score (nSPS) is 11.9. The van der Waals surface area contributed by atoms with Crippen LogP contribution < -0.4 is 10.2 Å². The fourth-order valence-electron chi connectivity index (χ4n) is 2.26. The van der Waals surface area contributed by atoms with Gasteiger partial charge in [-0.2, -0.15) is 5.10 Å². The first-order valence-electron chi connectivity index (χ1n) is 8.42. The van der Waals surface area contributed by atoms with Crippen LogP contribution in [-0.2, 0) is 4.79 Å². The number of nitrogens with one attached hydrogen (secondary N) is 1. The lowest BCUT2D eigenvalue weighted by atomic mass is 9.99. The van der Waals surface area contributed by atoms with Gasteiger partial charge in [-0.25, -0.2) is 5.43 Å². The maximum Gasteiger partial charge on any atom is 0.311 e. The van der Waals surface area contributed by atoms with Crippen molar-refractivity contribution in [2.24, 2.45) is 5.10 Å². The van der Waals surface area contributed by atoms with E-state index in [0.29, 0.717) is 17.2 Å². The van der Waals surface area contributed by atoms with Crippen LogP contribution in [0.5, 0.6) is 11.5 Å². The zero-order valence-corrected chi connectivity index (χ0v) is 15.1. The summed E-state index contributed by atoms with van der Waals surface area (Å²) in [7, 11) is 0. The van der Waals surface area contributed by atoms with E-state index in [1.54, 1.807) is 0 Å². The first-order valence-corrected chi connectivity index (χ1v) is 8.42. The quantitative estimate of drug-likeness (QED) is 0.420. The smallest absolute Gasteiger partial charge is 0.311 e. The molecular formula is C19H21N3O5. The molecule has 0 spiro atoms. The van der Waals surface area contributed by atoms with Gasteiger partial charge in [-0.1, -0.05) is 26.0 Å². The van der Waals surface area contributed by atoms with E-state index in [2.05, 4.69) is 24.4 Å². The minimum atomic E-state index is -0.703. The number of phenolic OH excluding ortho intramolecular Hbond substituents is 1. The number of carbonyl (C=O) groups is 1. The molecular weight excluding hydrogens is 350 g/mol. The summed E-state index contributed by atoms with van der Waals surface area (Å²) in [6, 6.07) is 11.3. The number of aromatic hydroxyl groups is 1. The molecule has 2 aromatic carbocycles. The molecule has 0 fully saturated rings. The standard InChI is InChI=1S/C19H21N3O5/c1-3-13(2)15-5-7-16(8-6-15)27-12-19(24)21-20-11-14-4-9-18(23)17(10-14)22(25)26/h4-11,13,23H,3,12H2,1-2H3,(H,21,24)/b20-11+/t13-/m1/s1. The Hall–Kier alpha value is -3.42. The van der Waals surface area contributed by atoms with Crippen LogP contribution in [0.25, 0.3) is 0 Å². The Morgan fingerprint density at radius 1 is 1.33 bits per heavy atom. The van der Waals surface area contributed by atoms with Gasteiger partial charge in [0, 0.05) is 11.6 Å². The Labute approximate surface area is 156 Å². The van der Waals surface area contributed by atoms with Crippen molar-refractivity contribution in [3.63, 3.8) is 0 Å². The minimum absolute atomic E-state index is 0.213. The van der Waals surface area contributed by atoms with Crippen molar-refractivity contribution in [1.82, 2.24) is 5.43 Å². The summed E-state index contributed by atoms with van der Waals surface area (Å²) in [6.07, 6.45) is 2.29. The van der Waals surface area contributed by atoms with Gasteiger partial charge in [-0.15, -0.1) is 0 Å². The topological polar surface area (TPSA) is 114 Å². The van der Waals surface area contributed by atoms with Gasteiger partial charge in [0.1, 0.15) is 5.75 Å². The molecule has 142 valence electrons. The van der Waals surface area contributed by atoms with Crippen molar-refractivity contribution >= 4 is 17.8 Å². The number of hydrazone groups is 1. The summed E-state index contributed by atoms with van der Waals surface area (Å²) in [5.74, 6) is 0.141. The highest BCUT2D eigenvalue weighted by molar-refractivity contribution is 5.84. The highest BCUT2D eigenvalue weighted by Crippen LogP contribution is 2.25. The second-order valence-electron chi connectivity index (χ2n) is 5.97. The number of amides is 1. The molecule has 8 heteroatoms. The highest BCUT2D eigenvalue weighted by Gasteiger charge is 2.12. The number of ether oxygens (including phenoxy) is 1. The number of nitro groups is 1. The molecule has 2 N–H and O–H groups in total. The number of hydrogen-bond donors (Lipinski definition) is 2. The zero-order chi connectivity index (χ0) is 19.8. The first-order chi connectivity index (χ1) is 12.9. The number of phenols is 1. The molecule has 0 radical (unpaired) electrons. The summed E-state index contributed by atoms with van der Waals surface area (Å²) in [4.78, 5) is 21.8. The summed E-state index contributed by atoms with van der Waals surface area (Å²) >= 11 is 0. The minimum Gasteiger partial charge on any atom is -0.502 e. The SMILES string of the molecule is CC[C@@H](C)c1ccc(OCC(=O)N/N=C/c2ccc(O)c([N+](=O)[O-])c2)cc1. The lowest BCUT2D eigenvalue weighted by molar-refractivity contribution is -0.385. The maximum atomic E-state index is 11.8. The van der Waals surface area contributed by atoms with E-state index in [9.17, 15) is 20.0 Å². The molecule has 0 aromatic heterocycles.